The van der Waals surface area contributed by atoms with Gasteiger partial charge in [-0.1, -0.05) is 26.2 Å². The van der Waals surface area contributed by atoms with Crippen LogP contribution >= 0.6 is 7.26 Å². The van der Waals surface area contributed by atoms with Crippen LogP contribution in [-0.4, -0.2) is 5.66 Å². The maximum atomic E-state index is 3.96. The smallest absolute Gasteiger partial charge is 0.0904 e. The lowest BCUT2D eigenvalue weighted by molar-refractivity contribution is -0.00000274. The van der Waals surface area contributed by atoms with Crippen molar-refractivity contribution in [1.29, 1.82) is 0 Å². The molecular weight excluding hydrogens is 302 g/mol. The van der Waals surface area contributed by atoms with Gasteiger partial charge in [-0.2, -0.15) is 0 Å². The Labute approximate surface area is 106 Å². The van der Waals surface area contributed by atoms with E-state index in [4.69, 9.17) is 0 Å². The number of hydrogen-bond donors (Lipinski definition) is 0. The first-order valence-electron chi connectivity index (χ1n) is 5.07. The highest BCUT2D eigenvalue weighted by Crippen LogP contribution is 2.69. The van der Waals surface area contributed by atoms with Crippen LogP contribution in [0.15, 0.2) is 37.2 Å². The minimum absolute atomic E-state index is 0. The zero-order valence-electron chi connectivity index (χ0n) is 8.79. The van der Waals surface area contributed by atoms with Gasteiger partial charge in [-0.15, -0.1) is 0 Å². The number of rotatable bonds is 4. The van der Waals surface area contributed by atoms with Gasteiger partial charge in [0.25, 0.3) is 0 Å². The Morgan fingerprint density at radius 2 is 1.29 bits per heavy atom. The summed E-state index contributed by atoms with van der Waals surface area (Å²) in [5, 5.41) is 0. The Morgan fingerprint density at radius 3 is 1.64 bits per heavy atom. The summed E-state index contributed by atoms with van der Waals surface area (Å²) in [6.07, 6.45) is 6.85. The Morgan fingerprint density at radius 1 is 0.857 bits per heavy atom. The second-order valence-corrected chi connectivity index (χ2v) is 7.35. The molecule has 0 bridgehead atoms. The van der Waals surface area contributed by atoms with Crippen LogP contribution in [-0.2, 0) is 0 Å². The summed E-state index contributed by atoms with van der Waals surface area (Å²) in [7, 11) is -1.22. The van der Waals surface area contributed by atoms with Crippen LogP contribution in [0.1, 0.15) is 32.1 Å². The SMILES string of the molecule is C=C[P+](C=C)(C=C)C1CCCCC1.[I-]. The minimum Gasteiger partial charge on any atom is -1.00 e. The number of hydrogen-bond acceptors (Lipinski definition) is 0. The Kier molecular flexibility index (Phi) is 6.97. The molecule has 0 nitrogen and oxygen atoms in total. The van der Waals surface area contributed by atoms with Crippen molar-refractivity contribution in [2.45, 2.75) is 37.8 Å². The summed E-state index contributed by atoms with van der Waals surface area (Å²) in [5.74, 6) is 6.34. The molecule has 1 rings (SSSR count). The first kappa shape index (κ1) is 14.4. The van der Waals surface area contributed by atoms with Gasteiger partial charge in [0, 0.05) is 0 Å². The van der Waals surface area contributed by atoms with Crippen LogP contribution in [0.3, 0.4) is 0 Å². The fraction of sp³-hybridized carbons (Fsp3) is 0.500. The molecule has 0 saturated heterocycles. The molecule has 0 amide bonds. The maximum Gasteiger partial charge on any atom is 0.0904 e. The molecule has 0 radical (unpaired) electrons. The average molecular weight is 322 g/mol. The lowest BCUT2D eigenvalue weighted by atomic mass is 10.0. The van der Waals surface area contributed by atoms with E-state index in [-0.39, 0.29) is 24.0 Å². The number of halogens is 1. The maximum absolute atomic E-state index is 3.96. The lowest BCUT2D eigenvalue weighted by Crippen LogP contribution is -3.00. The van der Waals surface area contributed by atoms with E-state index >= 15 is 0 Å². The van der Waals surface area contributed by atoms with Gasteiger partial charge in [-0.25, -0.2) is 0 Å². The zero-order valence-corrected chi connectivity index (χ0v) is 11.8. The van der Waals surface area contributed by atoms with Gasteiger partial charge in [-0.05, 0) is 25.7 Å². The molecular formula is C12H20IP. The first-order chi connectivity index (χ1) is 6.29. The summed E-state index contributed by atoms with van der Waals surface area (Å²) < 4.78 is 0. The van der Waals surface area contributed by atoms with E-state index in [1.807, 2.05) is 0 Å². The van der Waals surface area contributed by atoms with Crippen molar-refractivity contribution in [3.05, 3.63) is 37.2 Å². The highest BCUT2D eigenvalue weighted by atomic mass is 127. The molecule has 0 aromatic carbocycles. The molecule has 0 heterocycles. The molecule has 1 fully saturated rings. The van der Waals surface area contributed by atoms with Crippen molar-refractivity contribution in [1.82, 2.24) is 0 Å². The molecule has 1 aliphatic rings. The molecule has 14 heavy (non-hydrogen) atoms. The molecule has 1 saturated carbocycles. The largest absolute Gasteiger partial charge is 1.00 e. The molecule has 0 N–H and O–H groups in total. The summed E-state index contributed by atoms with van der Waals surface area (Å²) in [6, 6.07) is 0. The van der Waals surface area contributed by atoms with Gasteiger partial charge in [0.1, 0.15) is 0 Å². The summed E-state index contributed by atoms with van der Waals surface area (Å²) >= 11 is 0. The zero-order chi connectivity index (χ0) is 9.73. The van der Waals surface area contributed by atoms with E-state index in [1.165, 1.54) is 32.1 Å². The molecule has 0 unspecified atom stereocenters. The third-order valence-electron chi connectivity index (χ3n) is 3.16. The van der Waals surface area contributed by atoms with Crippen LogP contribution in [0, 0.1) is 0 Å². The molecule has 0 aliphatic heterocycles. The molecule has 0 spiro atoms. The molecule has 0 atom stereocenters. The van der Waals surface area contributed by atoms with E-state index < -0.39 is 7.26 Å². The minimum atomic E-state index is -1.22. The van der Waals surface area contributed by atoms with E-state index in [2.05, 4.69) is 37.2 Å². The first-order valence-corrected chi connectivity index (χ1v) is 7.14. The fourth-order valence-corrected chi connectivity index (χ4v) is 4.80. The van der Waals surface area contributed by atoms with Crippen molar-refractivity contribution in [3.63, 3.8) is 0 Å². The normalized spacial score (nSPS) is 18.0. The van der Waals surface area contributed by atoms with Gasteiger partial charge >= 0.3 is 0 Å². The van der Waals surface area contributed by atoms with Crippen LogP contribution in [0.5, 0.6) is 0 Å². The van der Waals surface area contributed by atoms with Gasteiger partial charge in [-0.3, -0.25) is 0 Å². The molecule has 2 heteroatoms. The second kappa shape index (κ2) is 6.79. The van der Waals surface area contributed by atoms with Gasteiger partial charge in [0.15, 0.2) is 0 Å². The fourth-order valence-electron chi connectivity index (χ4n) is 2.20. The van der Waals surface area contributed by atoms with Crippen LogP contribution in [0.2, 0.25) is 0 Å². The van der Waals surface area contributed by atoms with Gasteiger partial charge in [0.05, 0.1) is 30.4 Å². The van der Waals surface area contributed by atoms with Crippen LogP contribution < -0.4 is 24.0 Å². The van der Waals surface area contributed by atoms with Crippen molar-refractivity contribution in [3.8, 4) is 0 Å². The summed E-state index contributed by atoms with van der Waals surface area (Å²) in [4.78, 5) is 0. The predicted octanol–water partition coefficient (Wildman–Crippen LogP) is 1.77. The molecule has 80 valence electrons. The Bertz CT molecular complexity index is 183. The molecule has 0 aromatic heterocycles. The highest BCUT2D eigenvalue weighted by Gasteiger charge is 2.38. The average Bonchev–Trinajstić information content (AvgIpc) is 2.23. The summed E-state index contributed by atoms with van der Waals surface area (Å²) in [6.45, 7) is 11.9. The van der Waals surface area contributed by atoms with Crippen molar-refractivity contribution in [2.75, 3.05) is 0 Å². The monoisotopic (exact) mass is 322 g/mol. The topological polar surface area (TPSA) is 0 Å². The Hall–Kier alpha value is 0.380. The third-order valence-corrected chi connectivity index (χ3v) is 6.83. The van der Waals surface area contributed by atoms with Crippen molar-refractivity contribution >= 4 is 7.26 Å². The molecule has 1 aliphatic carbocycles. The quantitative estimate of drug-likeness (QED) is 0.547. The van der Waals surface area contributed by atoms with Crippen LogP contribution in [0.4, 0.5) is 0 Å². The third kappa shape index (κ3) is 2.93. The van der Waals surface area contributed by atoms with E-state index in [0.717, 1.165) is 5.66 Å². The summed E-state index contributed by atoms with van der Waals surface area (Å²) in [5.41, 5.74) is 0.800. The Balaban J connectivity index is 0.00000169. The highest BCUT2D eigenvalue weighted by molar-refractivity contribution is 7.84. The lowest BCUT2D eigenvalue weighted by Gasteiger charge is -2.28. The van der Waals surface area contributed by atoms with E-state index in [0.29, 0.717) is 0 Å². The van der Waals surface area contributed by atoms with Gasteiger partial charge < -0.3 is 24.0 Å². The van der Waals surface area contributed by atoms with Gasteiger partial charge in [0.2, 0.25) is 0 Å². The second-order valence-electron chi connectivity index (χ2n) is 3.73. The standard InChI is InChI=1S/C12H20P.HI/c1-4-13(5-2,6-3)12-10-8-7-9-11-12;/h4-6,12H,1-3,7-11H2;1H/q+1;/p-1. The van der Waals surface area contributed by atoms with E-state index in [9.17, 15) is 0 Å². The predicted molar refractivity (Wildman–Crippen MR) is 64.4 cm³/mol. The molecule has 0 aromatic rings. The van der Waals surface area contributed by atoms with Crippen molar-refractivity contribution in [2.24, 2.45) is 0 Å². The van der Waals surface area contributed by atoms with Crippen LogP contribution in [0.25, 0.3) is 0 Å². The van der Waals surface area contributed by atoms with Crippen molar-refractivity contribution < 1.29 is 24.0 Å². The van der Waals surface area contributed by atoms with E-state index in [1.54, 1.807) is 0 Å².